The smallest absolute Gasteiger partial charge is 0.145 e. The van der Waals surface area contributed by atoms with Crippen molar-refractivity contribution in [3.05, 3.63) is 78.5 Å². The monoisotopic (exact) mass is 364 g/mol. The molecule has 1 aliphatic rings. The third kappa shape index (κ3) is 4.18. The predicted octanol–water partition coefficient (Wildman–Crippen LogP) is 4.39. The first-order valence-electron chi connectivity index (χ1n) is 8.57. The second-order valence-corrected chi connectivity index (χ2v) is 6.68. The van der Waals surface area contributed by atoms with E-state index in [4.69, 9.17) is 0 Å². The van der Waals surface area contributed by atoms with Gasteiger partial charge >= 0.3 is 0 Å². The Balaban J connectivity index is 0.000000185. The predicted molar refractivity (Wildman–Crippen MR) is 109 cm³/mol. The molecule has 0 radical (unpaired) electrons. The average molecular weight is 364 g/mol. The number of allylic oxidation sites excluding steroid dienone is 1. The molecule has 1 aromatic heterocycles. The summed E-state index contributed by atoms with van der Waals surface area (Å²) in [4.78, 5) is 5.27. The van der Waals surface area contributed by atoms with E-state index in [-0.39, 0.29) is 0 Å². The largest absolute Gasteiger partial charge is 0.795 e. The highest BCUT2D eigenvalue weighted by atomic mass is 32.2. The zero-order valence-electron chi connectivity index (χ0n) is 14.8. The second kappa shape index (κ2) is 8.74. The van der Waals surface area contributed by atoms with Gasteiger partial charge in [-0.05, 0) is 36.1 Å². The minimum absolute atomic E-state index is 0.527. The van der Waals surface area contributed by atoms with Gasteiger partial charge in [-0.1, -0.05) is 42.0 Å². The van der Waals surface area contributed by atoms with Gasteiger partial charge in [-0.25, -0.2) is 12.0 Å². The number of aryl methyl sites for hydroxylation is 1. The second-order valence-electron chi connectivity index (χ2n) is 6.04. The van der Waals surface area contributed by atoms with Crippen LogP contribution in [-0.4, -0.2) is 28.0 Å². The third-order valence-corrected chi connectivity index (χ3v) is 4.62. The normalized spacial score (nSPS) is 12.9. The van der Waals surface area contributed by atoms with E-state index in [9.17, 15) is 4.55 Å². The number of amidine groups is 1. The molecule has 2 heterocycles. The molecule has 4 nitrogen and oxygen atoms in total. The molecule has 0 atom stereocenters. The van der Waals surface area contributed by atoms with E-state index in [1.54, 1.807) is 0 Å². The van der Waals surface area contributed by atoms with Crippen molar-refractivity contribution in [2.45, 2.75) is 18.4 Å². The summed E-state index contributed by atoms with van der Waals surface area (Å²) in [7, 11) is 0. The minimum atomic E-state index is 0.527. The van der Waals surface area contributed by atoms with Crippen LogP contribution in [0.25, 0.3) is 10.9 Å². The van der Waals surface area contributed by atoms with E-state index in [2.05, 4.69) is 51.8 Å². The number of nitrogens with zero attached hydrogens (tertiary/aromatic N) is 2. The average Bonchev–Trinajstić information content (AvgIpc) is 3.32. The number of hydrogen-bond acceptors (Lipinski definition) is 4. The van der Waals surface area contributed by atoms with E-state index in [1.165, 1.54) is 16.5 Å². The SMILES string of the molecule is C=CCn1c(C2=NCCN2)cc2ccccc21.Cc1ccc(S[O-])cc1. The summed E-state index contributed by atoms with van der Waals surface area (Å²) < 4.78 is 12.4. The summed E-state index contributed by atoms with van der Waals surface area (Å²) in [6.07, 6.45) is 1.92. The number of para-hydroxylation sites is 1. The number of rotatable bonds is 4. The first-order valence-corrected chi connectivity index (χ1v) is 9.31. The molecule has 134 valence electrons. The molecule has 3 aromatic rings. The van der Waals surface area contributed by atoms with Gasteiger partial charge in [-0.2, -0.15) is 0 Å². The number of hydrogen-bond donors (Lipinski definition) is 1. The van der Waals surface area contributed by atoms with Crippen LogP contribution in [-0.2, 0) is 6.54 Å². The zero-order chi connectivity index (χ0) is 18.4. The molecule has 0 saturated heterocycles. The van der Waals surface area contributed by atoms with Crippen molar-refractivity contribution >= 4 is 28.8 Å². The molecular weight excluding hydrogens is 342 g/mol. The van der Waals surface area contributed by atoms with Gasteiger partial charge in [-0.15, -0.1) is 6.58 Å². The maximum Gasteiger partial charge on any atom is 0.145 e. The van der Waals surface area contributed by atoms with Crippen molar-refractivity contribution in [3.8, 4) is 0 Å². The van der Waals surface area contributed by atoms with E-state index in [0.717, 1.165) is 36.1 Å². The van der Waals surface area contributed by atoms with Crippen LogP contribution in [0.3, 0.4) is 0 Å². The molecule has 0 amide bonds. The number of aliphatic imine (C=N–C) groups is 1. The molecule has 5 heteroatoms. The van der Waals surface area contributed by atoms with Gasteiger partial charge in [0.1, 0.15) is 5.84 Å². The fourth-order valence-corrected chi connectivity index (χ4v) is 3.14. The third-order valence-electron chi connectivity index (χ3n) is 4.16. The lowest BCUT2D eigenvalue weighted by atomic mass is 10.2. The maximum absolute atomic E-state index is 10.2. The molecule has 0 unspecified atom stereocenters. The summed E-state index contributed by atoms with van der Waals surface area (Å²) in [5.74, 6) is 1.00. The highest BCUT2D eigenvalue weighted by Gasteiger charge is 2.14. The first kappa shape index (κ1) is 18.3. The Morgan fingerprint density at radius 2 is 2.00 bits per heavy atom. The molecule has 0 spiro atoms. The number of nitrogens with one attached hydrogen (secondary N) is 1. The standard InChI is InChI=1S/C14H15N3.C7H8OS/c1-2-9-17-12-6-4-3-5-11(12)10-13(17)14-15-7-8-16-14;1-6-2-4-7(9-8)5-3-6/h2-6,10H,1,7-9H2,(H,15,16);2-5,8H,1H3/p-1. The van der Waals surface area contributed by atoms with Crippen LogP contribution in [0.1, 0.15) is 11.3 Å². The zero-order valence-corrected chi connectivity index (χ0v) is 15.6. The number of benzene rings is 2. The molecule has 0 bridgehead atoms. The molecule has 0 aliphatic carbocycles. The molecule has 0 saturated carbocycles. The van der Waals surface area contributed by atoms with Gasteiger partial charge in [0.2, 0.25) is 0 Å². The lowest BCUT2D eigenvalue weighted by Crippen LogP contribution is -2.22. The molecule has 4 rings (SSSR count). The van der Waals surface area contributed by atoms with Gasteiger partial charge in [0, 0.05) is 24.0 Å². The maximum atomic E-state index is 10.2. The lowest BCUT2D eigenvalue weighted by Gasteiger charge is -2.08. The van der Waals surface area contributed by atoms with Gasteiger partial charge in [0.05, 0.1) is 12.2 Å². The van der Waals surface area contributed by atoms with Crippen molar-refractivity contribution in [2.75, 3.05) is 13.1 Å². The molecule has 0 fully saturated rings. The van der Waals surface area contributed by atoms with Gasteiger partial charge in [0.15, 0.2) is 0 Å². The van der Waals surface area contributed by atoms with Crippen LogP contribution < -0.4 is 5.32 Å². The van der Waals surface area contributed by atoms with Crippen molar-refractivity contribution in [1.82, 2.24) is 9.88 Å². The molecule has 1 aliphatic heterocycles. The van der Waals surface area contributed by atoms with Gasteiger partial charge in [0.25, 0.3) is 0 Å². The summed E-state index contributed by atoms with van der Waals surface area (Å²) in [5.41, 5.74) is 3.58. The molecule has 1 N–H and O–H groups in total. The van der Waals surface area contributed by atoms with Crippen molar-refractivity contribution < 1.29 is 4.55 Å². The Kier molecular flexibility index (Phi) is 6.15. The Hall–Kier alpha value is -2.50. The number of fused-ring (bicyclic) bond motifs is 1. The Bertz CT molecular complexity index is 913. The fourth-order valence-electron chi connectivity index (χ4n) is 2.90. The summed E-state index contributed by atoms with van der Waals surface area (Å²) >= 11 is 0.527. The van der Waals surface area contributed by atoms with E-state index in [0.29, 0.717) is 12.0 Å². The first-order chi connectivity index (χ1) is 12.7. The highest BCUT2D eigenvalue weighted by Crippen LogP contribution is 2.20. The summed E-state index contributed by atoms with van der Waals surface area (Å²) in [5, 5.41) is 4.58. The fraction of sp³-hybridized carbons (Fsp3) is 0.190. The Morgan fingerprint density at radius 3 is 2.65 bits per heavy atom. The number of aromatic nitrogens is 1. The van der Waals surface area contributed by atoms with Gasteiger partial charge < -0.3 is 14.4 Å². The lowest BCUT2D eigenvalue weighted by molar-refractivity contribution is 0.619. The van der Waals surface area contributed by atoms with E-state index >= 15 is 0 Å². The topological polar surface area (TPSA) is 52.4 Å². The van der Waals surface area contributed by atoms with Crippen molar-refractivity contribution in [2.24, 2.45) is 4.99 Å². The van der Waals surface area contributed by atoms with Crippen LogP contribution in [0.4, 0.5) is 0 Å². The molecule has 26 heavy (non-hydrogen) atoms. The minimum Gasteiger partial charge on any atom is -0.795 e. The van der Waals surface area contributed by atoms with E-state index < -0.39 is 0 Å². The Morgan fingerprint density at radius 1 is 1.23 bits per heavy atom. The van der Waals surface area contributed by atoms with Crippen LogP contribution in [0, 0.1) is 6.92 Å². The van der Waals surface area contributed by atoms with Crippen molar-refractivity contribution in [3.63, 3.8) is 0 Å². The summed E-state index contributed by atoms with van der Waals surface area (Å²) in [6.45, 7) is 8.44. The van der Waals surface area contributed by atoms with Crippen molar-refractivity contribution in [1.29, 1.82) is 0 Å². The van der Waals surface area contributed by atoms with Crippen LogP contribution in [0.5, 0.6) is 0 Å². The van der Waals surface area contributed by atoms with Gasteiger partial charge in [-0.3, -0.25) is 4.99 Å². The van der Waals surface area contributed by atoms with Crippen LogP contribution >= 0.6 is 12.0 Å². The molecule has 2 aromatic carbocycles. The van der Waals surface area contributed by atoms with Crippen LogP contribution in [0.15, 0.2) is 77.1 Å². The van der Waals surface area contributed by atoms with E-state index in [1.807, 2.05) is 37.3 Å². The highest BCUT2D eigenvalue weighted by molar-refractivity contribution is 7.93. The van der Waals surface area contributed by atoms with Crippen LogP contribution in [0.2, 0.25) is 0 Å². The summed E-state index contributed by atoms with van der Waals surface area (Å²) in [6, 6.07) is 18.1. The Labute approximate surface area is 158 Å². The quantitative estimate of drug-likeness (QED) is 0.552. The molecular formula is C21H22N3OS-.